The van der Waals surface area contributed by atoms with Crippen molar-refractivity contribution in [2.75, 3.05) is 19.0 Å². The van der Waals surface area contributed by atoms with Crippen LogP contribution in [0.4, 0.5) is 5.69 Å². The molecule has 0 spiro atoms. The molecule has 1 aromatic heterocycles. The predicted molar refractivity (Wildman–Crippen MR) is 57.0 cm³/mol. The largest absolute Gasteiger partial charge is 0.486 e. The maximum atomic E-state index is 5.84. The van der Waals surface area contributed by atoms with Gasteiger partial charge in [-0.2, -0.15) is 0 Å². The summed E-state index contributed by atoms with van der Waals surface area (Å²) in [7, 11) is 4.04. The molecule has 3 heteroatoms. The Morgan fingerprint density at radius 1 is 1.43 bits per heavy atom. The van der Waals surface area contributed by atoms with E-state index in [9.17, 15) is 0 Å². The average molecular weight is 192 g/mol. The van der Waals surface area contributed by atoms with E-state index in [0.29, 0.717) is 6.10 Å². The van der Waals surface area contributed by atoms with E-state index in [1.807, 2.05) is 33.3 Å². The third kappa shape index (κ3) is 1.81. The fourth-order valence-corrected chi connectivity index (χ4v) is 1.39. The van der Waals surface area contributed by atoms with Gasteiger partial charge in [0.15, 0.2) is 5.75 Å². The van der Waals surface area contributed by atoms with Gasteiger partial charge >= 0.3 is 0 Å². The lowest BCUT2D eigenvalue weighted by molar-refractivity contribution is 0.300. The average Bonchev–Trinajstić information content (AvgIpc) is 2.91. The minimum absolute atomic E-state index is 0.427. The normalized spacial score (nSPS) is 15.4. The Morgan fingerprint density at radius 3 is 2.71 bits per heavy atom. The number of rotatable bonds is 3. The summed E-state index contributed by atoms with van der Waals surface area (Å²) in [5, 5.41) is 0. The SMILES string of the molecule is Cc1nccc(N(C)C)c1OC1CC1. The highest BCUT2D eigenvalue weighted by molar-refractivity contribution is 5.58. The molecule has 0 unspecified atom stereocenters. The Hall–Kier alpha value is -1.25. The zero-order valence-corrected chi connectivity index (χ0v) is 8.95. The lowest BCUT2D eigenvalue weighted by Crippen LogP contribution is -2.12. The molecule has 76 valence electrons. The zero-order chi connectivity index (χ0) is 10.1. The number of aryl methyl sites for hydroxylation is 1. The molecule has 0 aromatic carbocycles. The minimum Gasteiger partial charge on any atom is -0.486 e. The summed E-state index contributed by atoms with van der Waals surface area (Å²) < 4.78 is 5.84. The third-order valence-electron chi connectivity index (χ3n) is 2.35. The number of nitrogens with zero attached hydrogens (tertiary/aromatic N) is 2. The number of pyridine rings is 1. The van der Waals surface area contributed by atoms with Gasteiger partial charge < -0.3 is 9.64 Å². The molecule has 0 amide bonds. The molecule has 1 aliphatic carbocycles. The Bertz CT molecular complexity index is 332. The topological polar surface area (TPSA) is 25.4 Å². The zero-order valence-electron chi connectivity index (χ0n) is 8.95. The first-order chi connectivity index (χ1) is 6.68. The second kappa shape index (κ2) is 3.48. The third-order valence-corrected chi connectivity index (χ3v) is 2.35. The second-order valence-electron chi connectivity index (χ2n) is 3.96. The van der Waals surface area contributed by atoms with Crippen LogP contribution in [-0.2, 0) is 0 Å². The van der Waals surface area contributed by atoms with Crippen molar-refractivity contribution in [2.24, 2.45) is 0 Å². The molecule has 1 fully saturated rings. The summed E-state index contributed by atoms with van der Waals surface area (Å²) in [5.74, 6) is 0.944. The maximum Gasteiger partial charge on any atom is 0.164 e. The molecule has 1 aromatic rings. The highest BCUT2D eigenvalue weighted by Gasteiger charge is 2.25. The second-order valence-corrected chi connectivity index (χ2v) is 3.96. The molecule has 0 N–H and O–H groups in total. The van der Waals surface area contributed by atoms with E-state index in [4.69, 9.17) is 4.74 Å². The van der Waals surface area contributed by atoms with Crippen LogP contribution in [0.5, 0.6) is 5.75 Å². The first-order valence-corrected chi connectivity index (χ1v) is 4.98. The highest BCUT2D eigenvalue weighted by atomic mass is 16.5. The molecule has 0 atom stereocenters. The van der Waals surface area contributed by atoms with Crippen LogP contribution in [0, 0.1) is 6.92 Å². The molecule has 1 aliphatic rings. The van der Waals surface area contributed by atoms with Gasteiger partial charge in [0.25, 0.3) is 0 Å². The Kier molecular flexibility index (Phi) is 2.32. The van der Waals surface area contributed by atoms with E-state index in [-0.39, 0.29) is 0 Å². The monoisotopic (exact) mass is 192 g/mol. The van der Waals surface area contributed by atoms with Gasteiger partial charge in [-0.25, -0.2) is 0 Å². The smallest absolute Gasteiger partial charge is 0.164 e. The summed E-state index contributed by atoms with van der Waals surface area (Å²) in [5.41, 5.74) is 2.09. The minimum atomic E-state index is 0.427. The van der Waals surface area contributed by atoms with Crippen LogP contribution in [0.2, 0.25) is 0 Å². The van der Waals surface area contributed by atoms with Crippen molar-refractivity contribution in [2.45, 2.75) is 25.9 Å². The van der Waals surface area contributed by atoms with Crippen molar-refractivity contribution in [1.29, 1.82) is 0 Å². The van der Waals surface area contributed by atoms with Gasteiger partial charge in [-0.1, -0.05) is 0 Å². The van der Waals surface area contributed by atoms with E-state index < -0.39 is 0 Å². The number of aromatic nitrogens is 1. The van der Waals surface area contributed by atoms with Gasteiger partial charge in [0, 0.05) is 20.3 Å². The van der Waals surface area contributed by atoms with Crippen LogP contribution < -0.4 is 9.64 Å². The number of hydrogen-bond acceptors (Lipinski definition) is 3. The van der Waals surface area contributed by atoms with E-state index in [1.54, 1.807) is 0 Å². The molecule has 2 rings (SSSR count). The molecule has 0 radical (unpaired) electrons. The summed E-state index contributed by atoms with van der Waals surface area (Å²) in [6.45, 7) is 1.99. The predicted octanol–water partition coefficient (Wildman–Crippen LogP) is 2.00. The van der Waals surface area contributed by atoms with Crippen molar-refractivity contribution < 1.29 is 4.74 Å². The van der Waals surface area contributed by atoms with Crippen molar-refractivity contribution in [3.05, 3.63) is 18.0 Å². The van der Waals surface area contributed by atoms with E-state index in [2.05, 4.69) is 9.88 Å². The van der Waals surface area contributed by atoms with Crippen LogP contribution in [-0.4, -0.2) is 25.2 Å². The number of hydrogen-bond donors (Lipinski definition) is 0. The first kappa shape index (κ1) is 9.31. The molecule has 1 saturated carbocycles. The molecule has 0 bridgehead atoms. The van der Waals surface area contributed by atoms with Gasteiger partial charge in [-0.3, -0.25) is 4.98 Å². The van der Waals surface area contributed by atoms with Crippen LogP contribution in [0.3, 0.4) is 0 Å². The van der Waals surface area contributed by atoms with Gasteiger partial charge in [-0.05, 0) is 25.8 Å². The number of anilines is 1. The Labute approximate surface area is 84.7 Å². The maximum absolute atomic E-state index is 5.84. The molecule has 1 heterocycles. The van der Waals surface area contributed by atoms with Gasteiger partial charge in [-0.15, -0.1) is 0 Å². The Morgan fingerprint density at radius 2 is 2.14 bits per heavy atom. The van der Waals surface area contributed by atoms with Crippen molar-refractivity contribution in [3.63, 3.8) is 0 Å². The molecule has 0 saturated heterocycles. The highest BCUT2D eigenvalue weighted by Crippen LogP contribution is 2.34. The molecule has 3 nitrogen and oxygen atoms in total. The summed E-state index contributed by atoms with van der Waals surface area (Å²) >= 11 is 0. The van der Waals surface area contributed by atoms with E-state index in [1.165, 1.54) is 12.8 Å². The summed E-state index contributed by atoms with van der Waals surface area (Å²) in [6.07, 6.45) is 4.61. The van der Waals surface area contributed by atoms with Crippen LogP contribution in [0.25, 0.3) is 0 Å². The number of ether oxygens (including phenoxy) is 1. The first-order valence-electron chi connectivity index (χ1n) is 4.98. The van der Waals surface area contributed by atoms with E-state index >= 15 is 0 Å². The fraction of sp³-hybridized carbons (Fsp3) is 0.545. The molecular formula is C11H16N2O. The standard InChI is InChI=1S/C11H16N2O/c1-8-11(14-9-4-5-9)10(13(2)3)6-7-12-8/h6-7,9H,4-5H2,1-3H3. The quantitative estimate of drug-likeness (QED) is 0.732. The van der Waals surface area contributed by atoms with Crippen molar-refractivity contribution in [3.8, 4) is 5.75 Å². The Balaban J connectivity index is 2.31. The van der Waals surface area contributed by atoms with Gasteiger partial charge in [0.1, 0.15) is 0 Å². The summed E-state index contributed by atoms with van der Waals surface area (Å²) in [6, 6.07) is 1.99. The molecular weight excluding hydrogens is 176 g/mol. The van der Waals surface area contributed by atoms with Gasteiger partial charge in [0.05, 0.1) is 17.5 Å². The van der Waals surface area contributed by atoms with Gasteiger partial charge in [0.2, 0.25) is 0 Å². The fourth-order valence-electron chi connectivity index (χ4n) is 1.39. The van der Waals surface area contributed by atoms with Crippen LogP contribution >= 0.6 is 0 Å². The lowest BCUT2D eigenvalue weighted by atomic mass is 10.3. The summed E-state index contributed by atoms with van der Waals surface area (Å²) in [4.78, 5) is 6.31. The van der Waals surface area contributed by atoms with Crippen molar-refractivity contribution in [1.82, 2.24) is 4.98 Å². The van der Waals surface area contributed by atoms with Crippen LogP contribution in [0.1, 0.15) is 18.5 Å². The van der Waals surface area contributed by atoms with Crippen LogP contribution in [0.15, 0.2) is 12.3 Å². The molecule has 14 heavy (non-hydrogen) atoms. The van der Waals surface area contributed by atoms with Crippen molar-refractivity contribution >= 4 is 5.69 Å². The van der Waals surface area contributed by atoms with E-state index in [0.717, 1.165) is 17.1 Å². The molecule has 0 aliphatic heterocycles. The lowest BCUT2D eigenvalue weighted by Gasteiger charge is -2.18.